The summed E-state index contributed by atoms with van der Waals surface area (Å²) >= 11 is 0. The van der Waals surface area contributed by atoms with Crippen LogP contribution < -0.4 is 0 Å². The fourth-order valence-corrected chi connectivity index (χ4v) is 9.93. The summed E-state index contributed by atoms with van der Waals surface area (Å²) in [6, 6.07) is 71.6. The van der Waals surface area contributed by atoms with Gasteiger partial charge in [0.15, 0.2) is 0 Å². The summed E-state index contributed by atoms with van der Waals surface area (Å²) in [5.41, 5.74) is 14.4. The Bertz CT molecular complexity index is 3480. The highest BCUT2D eigenvalue weighted by atomic mass is 15.1. The fourth-order valence-electron chi connectivity index (χ4n) is 9.93. The van der Waals surface area contributed by atoms with Crippen LogP contribution in [-0.4, -0.2) is 9.55 Å². The second kappa shape index (κ2) is 12.4. The van der Waals surface area contributed by atoms with Gasteiger partial charge in [0.2, 0.25) is 0 Å². The van der Waals surface area contributed by atoms with E-state index in [2.05, 4.69) is 213 Å². The predicted molar refractivity (Wildman–Crippen MR) is 245 cm³/mol. The zero-order chi connectivity index (χ0) is 38.5. The van der Waals surface area contributed by atoms with Gasteiger partial charge in [-0.05, 0) is 142 Å². The molecule has 1 aliphatic rings. The Kier molecular flexibility index (Phi) is 7.01. The fraction of sp³-hybridized carbons (Fsp3) is 0.0536. The molecule has 1 aliphatic carbocycles. The molecule has 0 saturated heterocycles. The van der Waals surface area contributed by atoms with Gasteiger partial charge >= 0.3 is 0 Å². The maximum Gasteiger partial charge on any atom is 0.145 e. The van der Waals surface area contributed by atoms with Crippen molar-refractivity contribution in [1.82, 2.24) is 9.55 Å². The highest BCUT2D eigenvalue weighted by Crippen LogP contribution is 2.53. The average molecular weight is 739 g/mol. The van der Waals surface area contributed by atoms with Crippen molar-refractivity contribution in [3.8, 4) is 50.5 Å². The first-order chi connectivity index (χ1) is 28.5. The molecule has 272 valence electrons. The number of imidazole rings is 1. The van der Waals surface area contributed by atoms with Gasteiger partial charge in [-0.15, -0.1) is 0 Å². The van der Waals surface area contributed by atoms with Crippen LogP contribution >= 0.6 is 0 Å². The summed E-state index contributed by atoms with van der Waals surface area (Å²) in [6.45, 7) is 4.77. The summed E-state index contributed by atoms with van der Waals surface area (Å²) in [7, 11) is 0. The molecule has 0 spiro atoms. The Hall–Kier alpha value is -7.29. The predicted octanol–water partition coefficient (Wildman–Crippen LogP) is 14.9. The van der Waals surface area contributed by atoms with Gasteiger partial charge in [-0.3, -0.25) is 4.57 Å². The van der Waals surface area contributed by atoms with Crippen molar-refractivity contribution in [1.29, 1.82) is 0 Å². The molecular formula is C56H38N2. The number of rotatable bonds is 4. The molecule has 0 fully saturated rings. The molecule has 58 heavy (non-hydrogen) atoms. The van der Waals surface area contributed by atoms with Gasteiger partial charge in [-0.2, -0.15) is 0 Å². The van der Waals surface area contributed by atoms with Crippen molar-refractivity contribution >= 4 is 54.1 Å². The Morgan fingerprint density at radius 1 is 0.397 bits per heavy atom. The lowest BCUT2D eigenvalue weighted by Gasteiger charge is -2.24. The van der Waals surface area contributed by atoms with Gasteiger partial charge < -0.3 is 0 Å². The monoisotopic (exact) mass is 738 g/mol. The van der Waals surface area contributed by atoms with Crippen LogP contribution in [0.2, 0.25) is 0 Å². The number of benzene rings is 10. The molecule has 1 aromatic heterocycles. The average Bonchev–Trinajstić information content (AvgIpc) is 3.77. The second-order valence-electron chi connectivity index (χ2n) is 16.3. The normalized spacial score (nSPS) is 13.1. The van der Waals surface area contributed by atoms with Crippen LogP contribution in [0.5, 0.6) is 0 Å². The lowest BCUT2D eigenvalue weighted by molar-refractivity contribution is 0.661. The zero-order valence-electron chi connectivity index (χ0n) is 32.4. The first-order valence-electron chi connectivity index (χ1n) is 20.2. The maximum absolute atomic E-state index is 5.34. The lowest BCUT2D eigenvalue weighted by Crippen LogP contribution is -2.14. The van der Waals surface area contributed by atoms with Crippen molar-refractivity contribution in [2.75, 3.05) is 0 Å². The highest BCUT2D eigenvalue weighted by molar-refractivity contribution is 6.23. The van der Waals surface area contributed by atoms with Gasteiger partial charge in [0, 0.05) is 16.7 Å². The van der Waals surface area contributed by atoms with Crippen LogP contribution in [0.3, 0.4) is 0 Å². The SMILES string of the molecule is CC1(C)c2ccccc2-c2cc3c(-c4ccc5ccccc5c4)c4ccc(-c5nc6ccccc6n5-c5ccccc5)cc4c(-c4ccc5ccccc5c4)c3cc21. The number of hydrogen-bond acceptors (Lipinski definition) is 1. The summed E-state index contributed by atoms with van der Waals surface area (Å²) in [5.74, 6) is 0.927. The Labute approximate surface area is 337 Å². The van der Waals surface area contributed by atoms with Crippen LogP contribution in [0.25, 0.3) is 105 Å². The summed E-state index contributed by atoms with van der Waals surface area (Å²) in [6.07, 6.45) is 0. The summed E-state index contributed by atoms with van der Waals surface area (Å²) < 4.78 is 2.31. The first-order valence-corrected chi connectivity index (χ1v) is 20.2. The first kappa shape index (κ1) is 32.9. The van der Waals surface area contributed by atoms with E-state index in [1.807, 2.05) is 0 Å². The minimum Gasteiger partial charge on any atom is -0.292 e. The van der Waals surface area contributed by atoms with Crippen molar-refractivity contribution in [3.63, 3.8) is 0 Å². The molecule has 0 saturated carbocycles. The Balaban J connectivity index is 1.25. The van der Waals surface area contributed by atoms with E-state index in [9.17, 15) is 0 Å². The molecule has 0 aliphatic heterocycles. The van der Waals surface area contributed by atoms with Gasteiger partial charge in [-0.25, -0.2) is 4.98 Å². The minimum atomic E-state index is -0.152. The molecule has 0 unspecified atom stereocenters. The molecule has 1 heterocycles. The lowest BCUT2D eigenvalue weighted by atomic mass is 9.79. The molecular weight excluding hydrogens is 701 g/mol. The maximum atomic E-state index is 5.34. The molecule has 10 aromatic carbocycles. The molecule has 0 amide bonds. The molecule has 2 nitrogen and oxygen atoms in total. The Morgan fingerprint density at radius 3 is 1.71 bits per heavy atom. The van der Waals surface area contributed by atoms with E-state index < -0.39 is 0 Å². The molecule has 0 bridgehead atoms. The quantitative estimate of drug-likeness (QED) is 0.164. The third kappa shape index (κ3) is 4.82. The van der Waals surface area contributed by atoms with Gasteiger partial charge in [0.25, 0.3) is 0 Å². The van der Waals surface area contributed by atoms with E-state index in [-0.39, 0.29) is 5.41 Å². The third-order valence-electron chi connectivity index (χ3n) is 12.7. The van der Waals surface area contributed by atoms with Crippen LogP contribution in [0.1, 0.15) is 25.0 Å². The molecule has 2 heteroatoms. The van der Waals surface area contributed by atoms with E-state index in [1.165, 1.54) is 87.6 Å². The van der Waals surface area contributed by atoms with Crippen LogP contribution in [0.4, 0.5) is 0 Å². The standard InChI is InChI=1S/C56H38N2/c1-56(2)49-21-11-10-20-43(49)45-33-47-48(34-50(45)56)54(40-27-25-36-15-7-9-17-38(36)31-40)46-32-41(28-29-44(46)53(47)39-26-24-35-14-6-8-16-37(35)30-39)55-57-51-22-12-13-23-52(51)58(55)42-18-4-3-5-19-42/h3-34H,1-2H3. The van der Waals surface area contributed by atoms with Crippen molar-refractivity contribution in [2.24, 2.45) is 0 Å². The van der Waals surface area contributed by atoms with E-state index in [1.54, 1.807) is 0 Å². The molecule has 12 rings (SSSR count). The van der Waals surface area contributed by atoms with Gasteiger partial charge in [0.05, 0.1) is 11.0 Å². The van der Waals surface area contributed by atoms with Gasteiger partial charge in [0.1, 0.15) is 5.82 Å². The van der Waals surface area contributed by atoms with Crippen molar-refractivity contribution in [3.05, 3.63) is 205 Å². The third-order valence-corrected chi connectivity index (χ3v) is 12.7. The van der Waals surface area contributed by atoms with E-state index in [0.29, 0.717) is 0 Å². The van der Waals surface area contributed by atoms with Crippen LogP contribution in [0, 0.1) is 0 Å². The number of nitrogens with zero attached hydrogens (tertiary/aromatic N) is 2. The minimum absolute atomic E-state index is 0.152. The summed E-state index contributed by atoms with van der Waals surface area (Å²) in [4.78, 5) is 5.34. The number of aromatic nitrogens is 2. The molecule has 0 N–H and O–H groups in total. The smallest absolute Gasteiger partial charge is 0.145 e. The Morgan fingerprint density at radius 2 is 0.966 bits per heavy atom. The number of para-hydroxylation sites is 3. The molecule has 0 atom stereocenters. The van der Waals surface area contributed by atoms with Crippen molar-refractivity contribution < 1.29 is 0 Å². The highest BCUT2D eigenvalue weighted by Gasteiger charge is 2.36. The zero-order valence-corrected chi connectivity index (χ0v) is 32.4. The van der Waals surface area contributed by atoms with Crippen molar-refractivity contribution in [2.45, 2.75) is 19.3 Å². The number of fused-ring (bicyclic) bond motifs is 8. The summed E-state index contributed by atoms with van der Waals surface area (Å²) in [5, 5.41) is 9.91. The topological polar surface area (TPSA) is 17.8 Å². The van der Waals surface area contributed by atoms with E-state index >= 15 is 0 Å². The van der Waals surface area contributed by atoms with Gasteiger partial charge in [-0.1, -0.05) is 153 Å². The van der Waals surface area contributed by atoms with Crippen LogP contribution in [-0.2, 0) is 5.41 Å². The van der Waals surface area contributed by atoms with Crippen LogP contribution in [0.15, 0.2) is 194 Å². The number of hydrogen-bond donors (Lipinski definition) is 0. The molecule has 0 radical (unpaired) electrons. The van der Waals surface area contributed by atoms with E-state index in [4.69, 9.17) is 4.98 Å². The second-order valence-corrected chi connectivity index (χ2v) is 16.3. The van der Waals surface area contributed by atoms with E-state index in [0.717, 1.165) is 28.1 Å². The largest absolute Gasteiger partial charge is 0.292 e. The molecule has 11 aromatic rings.